The summed E-state index contributed by atoms with van der Waals surface area (Å²) in [5.74, 6) is 0.287. The number of amides is 1. The molecule has 4 heteroatoms. The second-order valence-electron chi connectivity index (χ2n) is 5.15. The highest BCUT2D eigenvalue weighted by molar-refractivity contribution is 5.97. The number of aryl methyl sites for hydroxylation is 1. The first kappa shape index (κ1) is 12.9. The van der Waals surface area contributed by atoms with Gasteiger partial charge in [0, 0.05) is 19.1 Å². The smallest absolute Gasteiger partial charge is 0.257 e. The van der Waals surface area contributed by atoms with Gasteiger partial charge in [-0.25, -0.2) is 0 Å². The first-order valence-electron chi connectivity index (χ1n) is 6.34. The van der Waals surface area contributed by atoms with Gasteiger partial charge in [0.05, 0.1) is 5.56 Å². The lowest BCUT2D eigenvalue weighted by molar-refractivity contribution is 0.0661. The van der Waals surface area contributed by atoms with E-state index in [1.807, 2.05) is 0 Å². The zero-order chi connectivity index (χ0) is 13.3. The molecule has 0 bridgehead atoms. The van der Waals surface area contributed by atoms with E-state index in [1.54, 1.807) is 30.0 Å². The highest BCUT2D eigenvalue weighted by Crippen LogP contribution is 2.25. The highest BCUT2D eigenvalue weighted by Gasteiger charge is 2.28. The van der Waals surface area contributed by atoms with E-state index in [0.29, 0.717) is 24.6 Å². The molecule has 1 fully saturated rings. The molecule has 1 aromatic rings. The SMILES string of the molecule is Cc1cccc(C(=O)N2CCC(N)C(C)C2)c1O. The monoisotopic (exact) mass is 248 g/mol. The largest absolute Gasteiger partial charge is 0.507 e. The Labute approximate surface area is 107 Å². The number of phenols is 1. The Kier molecular flexibility index (Phi) is 3.57. The van der Waals surface area contributed by atoms with Gasteiger partial charge in [-0.3, -0.25) is 4.79 Å². The Hall–Kier alpha value is -1.55. The van der Waals surface area contributed by atoms with E-state index in [9.17, 15) is 9.90 Å². The molecule has 3 N–H and O–H groups in total. The lowest BCUT2D eigenvalue weighted by Gasteiger charge is -2.35. The Bertz CT molecular complexity index is 459. The van der Waals surface area contributed by atoms with Crippen LogP contribution >= 0.6 is 0 Å². The lowest BCUT2D eigenvalue weighted by atomic mass is 9.94. The van der Waals surface area contributed by atoms with Crippen LogP contribution in [-0.4, -0.2) is 35.0 Å². The van der Waals surface area contributed by atoms with Crippen molar-refractivity contribution >= 4 is 5.91 Å². The Morgan fingerprint density at radius 3 is 2.89 bits per heavy atom. The van der Waals surface area contributed by atoms with Gasteiger partial charge < -0.3 is 15.7 Å². The maximum atomic E-state index is 12.4. The van der Waals surface area contributed by atoms with Crippen molar-refractivity contribution in [2.24, 2.45) is 11.7 Å². The molecule has 0 spiro atoms. The average molecular weight is 248 g/mol. The van der Waals surface area contributed by atoms with Crippen molar-refractivity contribution < 1.29 is 9.90 Å². The lowest BCUT2D eigenvalue weighted by Crippen LogP contribution is -2.48. The van der Waals surface area contributed by atoms with Crippen molar-refractivity contribution in [1.29, 1.82) is 0 Å². The number of nitrogens with zero attached hydrogens (tertiary/aromatic N) is 1. The topological polar surface area (TPSA) is 66.6 Å². The summed E-state index contributed by atoms with van der Waals surface area (Å²) in [5.41, 5.74) is 7.06. The van der Waals surface area contributed by atoms with Gasteiger partial charge in [0.15, 0.2) is 0 Å². The minimum Gasteiger partial charge on any atom is -0.507 e. The summed E-state index contributed by atoms with van der Waals surface area (Å²) in [5, 5.41) is 9.94. The van der Waals surface area contributed by atoms with Gasteiger partial charge in [-0.1, -0.05) is 19.1 Å². The highest BCUT2D eigenvalue weighted by atomic mass is 16.3. The van der Waals surface area contributed by atoms with Gasteiger partial charge in [0.2, 0.25) is 0 Å². The van der Waals surface area contributed by atoms with Crippen molar-refractivity contribution in [1.82, 2.24) is 4.90 Å². The quantitative estimate of drug-likeness (QED) is 0.791. The van der Waals surface area contributed by atoms with Crippen LogP contribution < -0.4 is 5.73 Å². The van der Waals surface area contributed by atoms with Crippen LogP contribution in [0.5, 0.6) is 5.75 Å². The molecular weight excluding hydrogens is 228 g/mol. The predicted molar refractivity (Wildman–Crippen MR) is 70.5 cm³/mol. The molecule has 0 aromatic heterocycles. The van der Waals surface area contributed by atoms with Crippen LogP contribution in [0, 0.1) is 12.8 Å². The third kappa shape index (κ3) is 2.34. The summed E-state index contributed by atoms with van der Waals surface area (Å²) >= 11 is 0. The van der Waals surface area contributed by atoms with E-state index < -0.39 is 0 Å². The van der Waals surface area contributed by atoms with Crippen LogP contribution in [0.3, 0.4) is 0 Å². The Balaban J connectivity index is 2.19. The molecule has 1 aliphatic rings. The van der Waals surface area contributed by atoms with Gasteiger partial charge in [0.25, 0.3) is 5.91 Å². The van der Waals surface area contributed by atoms with E-state index in [1.165, 1.54) is 0 Å². The Morgan fingerprint density at radius 2 is 2.22 bits per heavy atom. The summed E-state index contributed by atoms with van der Waals surface area (Å²) in [4.78, 5) is 14.1. The molecule has 1 heterocycles. The summed E-state index contributed by atoms with van der Waals surface area (Å²) < 4.78 is 0. The molecule has 2 rings (SSSR count). The van der Waals surface area contributed by atoms with Crippen LogP contribution in [0.15, 0.2) is 18.2 Å². The fraction of sp³-hybridized carbons (Fsp3) is 0.500. The first-order valence-corrected chi connectivity index (χ1v) is 6.34. The van der Waals surface area contributed by atoms with Crippen molar-refractivity contribution in [3.63, 3.8) is 0 Å². The van der Waals surface area contributed by atoms with Crippen molar-refractivity contribution in [3.05, 3.63) is 29.3 Å². The molecule has 2 atom stereocenters. The number of carbonyl (C=O) groups excluding carboxylic acids is 1. The second-order valence-corrected chi connectivity index (χ2v) is 5.15. The normalized spacial score (nSPS) is 24.1. The first-order chi connectivity index (χ1) is 8.50. The number of piperidine rings is 1. The zero-order valence-electron chi connectivity index (χ0n) is 10.9. The molecule has 98 valence electrons. The maximum absolute atomic E-state index is 12.4. The van der Waals surface area contributed by atoms with Crippen LogP contribution in [0.2, 0.25) is 0 Å². The van der Waals surface area contributed by atoms with Crippen LogP contribution in [0.1, 0.15) is 29.3 Å². The Morgan fingerprint density at radius 1 is 1.50 bits per heavy atom. The number of para-hydroxylation sites is 1. The van der Waals surface area contributed by atoms with E-state index in [-0.39, 0.29) is 17.7 Å². The molecule has 1 aliphatic heterocycles. The summed E-state index contributed by atoms with van der Waals surface area (Å²) in [7, 11) is 0. The van der Waals surface area contributed by atoms with Gasteiger partial charge in [-0.05, 0) is 30.9 Å². The standard InChI is InChI=1S/C14H20N2O2/c1-9-4-3-5-11(13(9)17)14(18)16-7-6-12(15)10(2)8-16/h3-5,10,12,17H,6-8,15H2,1-2H3. The van der Waals surface area contributed by atoms with Gasteiger partial charge in [0.1, 0.15) is 5.75 Å². The van der Waals surface area contributed by atoms with Crippen molar-refractivity contribution in [2.75, 3.05) is 13.1 Å². The number of hydrogen-bond acceptors (Lipinski definition) is 3. The van der Waals surface area contributed by atoms with E-state index in [2.05, 4.69) is 6.92 Å². The van der Waals surface area contributed by atoms with Crippen LogP contribution in [0.25, 0.3) is 0 Å². The third-order valence-corrected chi connectivity index (χ3v) is 3.73. The number of nitrogens with two attached hydrogens (primary N) is 1. The molecule has 4 nitrogen and oxygen atoms in total. The number of carbonyl (C=O) groups is 1. The summed E-state index contributed by atoms with van der Waals surface area (Å²) in [6.07, 6.45) is 0.819. The van der Waals surface area contributed by atoms with Crippen LogP contribution in [0.4, 0.5) is 0 Å². The minimum absolute atomic E-state index is 0.0880. The fourth-order valence-corrected chi connectivity index (χ4v) is 2.35. The summed E-state index contributed by atoms with van der Waals surface area (Å²) in [6, 6.07) is 5.42. The number of benzene rings is 1. The van der Waals surface area contributed by atoms with Gasteiger partial charge in [-0.15, -0.1) is 0 Å². The number of likely N-dealkylation sites (tertiary alicyclic amines) is 1. The van der Waals surface area contributed by atoms with E-state index >= 15 is 0 Å². The number of aromatic hydroxyl groups is 1. The fourth-order valence-electron chi connectivity index (χ4n) is 2.35. The van der Waals surface area contributed by atoms with Crippen molar-refractivity contribution in [3.8, 4) is 5.75 Å². The van der Waals surface area contributed by atoms with Crippen molar-refractivity contribution in [2.45, 2.75) is 26.3 Å². The second kappa shape index (κ2) is 4.98. The third-order valence-electron chi connectivity index (χ3n) is 3.73. The molecule has 0 saturated carbocycles. The average Bonchev–Trinajstić information content (AvgIpc) is 2.35. The van der Waals surface area contributed by atoms with E-state index in [0.717, 1.165) is 12.0 Å². The molecule has 18 heavy (non-hydrogen) atoms. The summed E-state index contributed by atoms with van der Waals surface area (Å²) in [6.45, 7) is 5.17. The molecule has 0 aliphatic carbocycles. The molecule has 0 radical (unpaired) electrons. The molecule has 1 amide bonds. The number of phenolic OH excluding ortho intramolecular Hbond substituents is 1. The van der Waals surface area contributed by atoms with E-state index in [4.69, 9.17) is 5.73 Å². The predicted octanol–water partition coefficient (Wildman–Crippen LogP) is 1.51. The van der Waals surface area contributed by atoms with Gasteiger partial charge in [-0.2, -0.15) is 0 Å². The maximum Gasteiger partial charge on any atom is 0.257 e. The molecule has 1 saturated heterocycles. The molecule has 1 aromatic carbocycles. The van der Waals surface area contributed by atoms with Crippen LogP contribution in [-0.2, 0) is 0 Å². The molecule has 2 unspecified atom stereocenters. The number of rotatable bonds is 1. The minimum atomic E-state index is -0.102. The number of hydrogen-bond donors (Lipinski definition) is 2. The zero-order valence-corrected chi connectivity index (χ0v) is 10.9. The van der Waals surface area contributed by atoms with Gasteiger partial charge >= 0.3 is 0 Å². The molecular formula is C14H20N2O2.